The van der Waals surface area contributed by atoms with Crippen LogP contribution < -0.4 is 10.2 Å². The summed E-state index contributed by atoms with van der Waals surface area (Å²) in [6.07, 6.45) is 0. The fraction of sp³-hybridized carbons (Fsp3) is 0.125. The van der Waals surface area contributed by atoms with Crippen LogP contribution in [0, 0.1) is 13.8 Å². The van der Waals surface area contributed by atoms with Crippen LogP contribution in [0.1, 0.15) is 31.8 Å². The second-order valence-electron chi connectivity index (χ2n) is 4.31. The molecule has 0 unspecified atom stereocenters. The van der Waals surface area contributed by atoms with Crippen LogP contribution in [0.4, 0.5) is 0 Å². The summed E-state index contributed by atoms with van der Waals surface area (Å²) in [6, 6.07) is 13.3. The minimum atomic E-state index is -1.12. The van der Waals surface area contributed by atoms with Gasteiger partial charge in [0.05, 0.1) is 11.9 Å². The maximum absolute atomic E-state index is 10.2. The van der Waals surface area contributed by atoms with E-state index in [0.29, 0.717) is 0 Å². The number of hydrogen-bond acceptors (Lipinski definition) is 4. The zero-order chi connectivity index (χ0) is 15.1. The molecule has 0 saturated carbocycles. The third-order valence-electron chi connectivity index (χ3n) is 2.51. The number of rotatable bonds is 2. The Morgan fingerprint density at radius 3 is 1.29 bits per heavy atom. The van der Waals surface area contributed by atoms with Gasteiger partial charge in [-0.05, 0) is 25.0 Å². The predicted octanol–water partition coefficient (Wildman–Crippen LogP) is 0.336. The Kier molecular flexibility index (Phi) is 8.34. The Labute approximate surface area is 139 Å². The van der Waals surface area contributed by atoms with E-state index in [1.807, 2.05) is 26.0 Å². The van der Waals surface area contributed by atoms with Crippen LogP contribution in [0.3, 0.4) is 0 Å². The summed E-state index contributed by atoms with van der Waals surface area (Å²) in [5.74, 6) is -2.24. The van der Waals surface area contributed by atoms with Gasteiger partial charge < -0.3 is 19.8 Å². The molecule has 0 aliphatic carbocycles. The minimum absolute atomic E-state index is 0. The molecular weight excluding hydrogens is 280 g/mol. The number of carbonyl (C=O) groups excluding carboxylic acids is 2. The van der Waals surface area contributed by atoms with E-state index in [2.05, 4.69) is 0 Å². The van der Waals surface area contributed by atoms with Crippen molar-refractivity contribution in [1.82, 2.24) is 0 Å². The molecule has 0 fully saturated rings. The van der Waals surface area contributed by atoms with Crippen LogP contribution in [0.15, 0.2) is 48.5 Å². The first-order valence-corrected chi connectivity index (χ1v) is 5.96. The number of carboxylic acids is 2. The van der Waals surface area contributed by atoms with Gasteiger partial charge in [0.15, 0.2) is 0 Å². The Morgan fingerprint density at radius 1 is 0.762 bits per heavy atom. The minimum Gasteiger partial charge on any atom is -0.545 e. The van der Waals surface area contributed by atoms with Crippen molar-refractivity contribution in [2.75, 3.05) is 0 Å². The Morgan fingerprint density at radius 2 is 1.10 bits per heavy atom. The molecule has 0 heterocycles. The molecule has 0 aliphatic rings. The molecule has 5 heteroatoms. The number of carboxylic acid groups (broad SMARTS) is 2. The summed E-state index contributed by atoms with van der Waals surface area (Å²) in [4.78, 5) is 20.5. The van der Waals surface area contributed by atoms with Gasteiger partial charge in [0.2, 0.25) is 0 Å². The zero-order valence-corrected chi connectivity index (χ0v) is 13.4. The molecule has 2 aromatic carbocycles. The van der Waals surface area contributed by atoms with Crippen molar-refractivity contribution < 1.29 is 19.8 Å². The van der Waals surface area contributed by atoms with E-state index in [0.717, 1.165) is 11.1 Å². The fourth-order valence-electron chi connectivity index (χ4n) is 1.54. The molecule has 0 spiro atoms. The average molecular weight is 295 g/mol. The van der Waals surface area contributed by atoms with E-state index < -0.39 is 11.9 Å². The first-order valence-electron chi connectivity index (χ1n) is 5.96. The van der Waals surface area contributed by atoms with Gasteiger partial charge in [-0.1, -0.05) is 59.7 Å². The van der Waals surface area contributed by atoms with E-state index in [4.69, 9.17) is 0 Å². The molecule has 21 heavy (non-hydrogen) atoms. The standard InChI is InChI=1S/2C8H8O2.Mg/c2*1-6-3-2-4-7(5-6)8(9)10;/h2*2-5H,1H3,(H,9,10);/q;;+2/p-2. The molecule has 4 nitrogen and oxygen atoms in total. The normalized spacial score (nSPS) is 8.86. The molecule has 0 aliphatic heterocycles. The molecule has 0 saturated heterocycles. The Hall–Kier alpha value is -1.85. The predicted molar refractivity (Wildman–Crippen MR) is 76.8 cm³/mol. The molecule has 2 aromatic rings. The van der Waals surface area contributed by atoms with Crippen molar-refractivity contribution in [3.8, 4) is 0 Å². The van der Waals surface area contributed by atoms with E-state index >= 15 is 0 Å². The average Bonchev–Trinajstić information content (AvgIpc) is 2.39. The molecule has 0 aromatic heterocycles. The maximum Gasteiger partial charge on any atom is 2.00 e. The van der Waals surface area contributed by atoms with E-state index in [1.54, 1.807) is 24.3 Å². The van der Waals surface area contributed by atoms with E-state index in [9.17, 15) is 19.8 Å². The molecule has 0 amide bonds. The number of aryl methyl sites for hydroxylation is 2. The van der Waals surface area contributed by atoms with Gasteiger partial charge in [-0.25, -0.2) is 0 Å². The van der Waals surface area contributed by atoms with Gasteiger partial charge in [0, 0.05) is 0 Å². The number of aromatic carboxylic acids is 2. The van der Waals surface area contributed by atoms with Crippen molar-refractivity contribution in [3.63, 3.8) is 0 Å². The number of hydrogen-bond donors (Lipinski definition) is 0. The second kappa shape index (κ2) is 9.15. The van der Waals surface area contributed by atoms with Gasteiger partial charge in [0.1, 0.15) is 0 Å². The fourth-order valence-corrected chi connectivity index (χ4v) is 1.54. The number of carbonyl (C=O) groups is 2. The molecule has 0 radical (unpaired) electrons. The third kappa shape index (κ3) is 6.92. The summed E-state index contributed by atoms with van der Waals surface area (Å²) in [6.45, 7) is 3.68. The van der Waals surface area contributed by atoms with Crippen LogP contribution in [-0.4, -0.2) is 35.0 Å². The summed E-state index contributed by atoms with van der Waals surface area (Å²) in [7, 11) is 0. The summed E-state index contributed by atoms with van der Waals surface area (Å²) in [5, 5.41) is 20.5. The molecule has 104 valence electrons. The smallest absolute Gasteiger partial charge is 0.545 e. The van der Waals surface area contributed by atoms with Crippen molar-refractivity contribution in [2.24, 2.45) is 0 Å². The Bertz CT molecular complexity index is 568. The van der Waals surface area contributed by atoms with Gasteiger partial charge in [0.25, 0.3) is 0 Å². The summed E-state index contributed by atoms with van der Waals surface area (Å²) < 4.78 is 0. The van der Waals surface area contributed by atoms with Crippen LogP contribution in [0.25, 0.3) is 0 Å². The number of benzene rings is 2. The molecule has 0 bridgehead atoms. The van der Waals surface area contributed by atoms with Gasteiger partial charge in [-0.15, -0.1) is 0 Å². The van der Waals surface area contributed by atoms with Crippen molar-refractivity contribution >= 4 is 35.0 Å². The SMILES string of the molecule is Cc1cccc(C(=O)[O-])c1.Cc1cccc(C(=O)[O-])c1.[Mg+2]. The zero-order valence-electron chi connectivity index (χ0n) is 12.0. The van der Waals surface area contributed by atoms with Crippen LogP contribution in [0.5, 0.6) is 0 Å². The van der Waals surface area contributed by atoms with Crippen molar-refractivity contribution in [1.29, 1.82) is 0 Å². The van der Waals surface area contributed by atoms with Crippen molar-refractivity contribution in [3.05, 3.63) is 70.8 Å². The third-order valence-corrected chi connectivity index (χ3v) is 2.51. The monoisotopic (exact) mass is 294 g/mol. The van der Waals surface area contributed by atoms with Gasteiger partial charge in [-0.3, -0.25) is 0 Å². The maximum atomic E-state index is 10.2. The topological polar surface area (TPSA) is 80.3 Å². The second-order valence-corrected chi connectivity index (χ2v) is 4.31. The van der Waals surface area contributed by atoms with Crippen LogP contribution in [0.2, 0.25) is 0 Å². The molecular formula is C16H14MgO4. The first kappa shape index (κ1) is 19.1. The van der Waals surface area contributed by atoms with E-state index in [1.165, 1.54) is 12.1 Å². The van der Waals surface area contributed by atoms with Gasteiger partial charge in [-0.2, -0.15) is 0 Å². The Balaban J connectivity index is 0.000000364. The van der Waals surface area contributed by atoms with Crippen LogP contribution in [-0.2, 0) is 0 Å². The van der Waals surface area contributed by atoms with E-state index in [-0.39, 0.29) is 34.2 Å². The first-order chi connectivity index (χ1) is 9.40. The van der Waals surface area contributed by atoms with Crippen molar-refractivity contribution in [2.45, 2.75) is 13.8 Å². The van der Waals surface area contributed by atoms with Gasteiger partial charge >= 0.3 is 23.1 Å². The van der Waals surface area contributed by atoms with Crippen LogP contribution >= 0.6 is 0 Å². The molecule has 0 N–H and O–H groups in total. The molecule has 0 atom stereocenters. The summed E-state index contributed by atoms with van der Waals surface area (Å²) >= 11 is 0. The molecule has 2 rings (SSSR count). The largest absolute Gasteiger partial charge is 2.00 e. The quantitative estimate of drug-likeness (QED) is 0.748. The summed E-state index contributed by atoms with van der Waals surface area (Å²) in [5.41, 5.74) is 2.34.